The molecule has 0 spiro atoms. The summed E-state index contributed by atoms with van der Waals surface area (Å²) in [5, 5.41) is 9.43. The van der Waals surface area contributed by atoms with Gasteiger partial charge in [0.2, 0.25) is 0 Å². The van der Waals surface area contributed by atoms with Crippen molar-refractivity contribution in [3.63, 3.8) is 0 Å². The summed E-state index contributed by atoms with van der Waals surface area (Å²) in [4.78, 5) is 30.0. The predicted molar refractivity (Wildman–Crippen MR) is 80.1 cm³/mol. The number of anilines is 1. The van der Waals surface area contributed by atoms with Gasteiger partial charge in [-0.3, -0.25) is 4.57 Å². The van der Waals surface area contributed by atoms with E-state index in [1.165, 1.54) is 17.2 Å². The molecule has 134 valence electrons. The molecule has 25 heavy (non-hydrogen) atoms. The molecule has 0 saturated carbocycles. The van der Waals surface area contributed by atoms with Crippen LogP contribution in [0.2, 0.25) is 0 Å². The van der Waals surface area contributed by atoms with Crippen LogP contribution in [0.25, 0.3) is 11.2 Å². The summed E-state index contributed by atoms with van der Waals surface area (Å²) in [6, 6.07) is 0. The number of nitrogen functional groups attached to an aromatic ring is 1. The minimum Gasteiger partial charge on any atom is -0.394 e. The number of ether oxygens (including phenoxy) is 1. The molecule has 0 aliphatic carbocycles. The first kappa shape index (κ1) is 18.1. The van der Waals surface area contributed by atoms with Crippen LogP contribution in [0.4, 0.5) is 5.82 Å². The highest BCUT2D eigenvalue weighted by Crippen LogP contribution is 2.41. The SMILES string of the molecule is Nc1ncnc2c1ncn2[C@@H]1O[C@H](CO)[C@@H](O[P+](=O)O)[C@H]1O[P+](=O)O. The maximum Gasteiger partial charge on any atom is 0.695 e. The second-order valence-corrected chi connectivity index (χ2v) is 6.32. The Balaban J connectivity index is 2.04. The highest BCUT2D eigenvalue weighted by molar-refractivity contribution is 7.32. The van der Waals surface area contributed by atoms with Crippen LogP contribution in [0.1, 0.15) is 6.23 Å². The van der Waals surface area contributed by atoms with Gasteiger partial charge in [0.1, 0.15) is 17.9 Å². The molecule has 0 radical (unpaired) electrons. The molecule has 13 nitrogen and oxygen atoms in total. The van der Waals surface area contributed by atoms with Gasteiger partial charge in [-0.25, -0.2) is 15.0 Å². The van der Waals surface area contributed by atoms with E-state index in [1.807, 2.05) is 0 Å². The van der Waals surface area contributed by atoms with Gasteiger partial charge in [-0.15, -0.1) is 18.8 Å². The Kier molecular flexibility index (Phi) is 5.27. The van der Waals surface area contributed by atoms with E-state index in [4.69, 9.17) is 29.3 Å². The first-order chi connectivity index (χ1) is 11.9. The van der Waals surface area contributed by atoms with Crippen LogP contribution in [-0.2, 0) is 22.9 Å². The van der Waals surface area contributed by atoms with Crippen molar-refractivity contribution in [3.05, 3.63) is 12.7 Å². The average Bonchev–Trinajstić information content (AvgIpc) is 3.10. The second kappa shape index (κ2) is 7.28. The van der Waals surface area contributed by atoms with Crippen molar-refractivity contribution in [2.24, 2.45) is 0 Å². The van der Waals surface area contributed by atoms with Crippen LogP contribution in [0, 0.1) is 0 Å². The molecule has 15 heteroatoms. The number of hydrogen-bond donors (Lipinski definition) is 4. The van der Waals surface area contributed by atoms with Crippen molar-refractivity contribution in [1.29, 1.82) is 0 Å². The van der Waals surface area contributed by atoms with E-state index in [2.05, 4.69) is 15.0 Å². The van der Waals surface area contributed by atoms with Crippen LogP contribution in [-0.4, -0.2) is 59.3 Å². The van der Waals surface area contributed by atoms with E-state index in [-0.39, 0.29) is 17.0 Å². The molecular weight excluding hydrogens is 380 g/mol. The molecule has 2 unspecified atom stereocenters. The van der Waals surface area contributed by atoms with Crippen molar-refractivity contribution in [1.82, 2.24) is 19.5 Å². The van der Waals surface area contributed by atoms with Gasteiger partial charge in [0.05, 0.1) is 12.9 Å². The minimum atomic E-state index is -3.10. The largest absolute Gasteiger partial charge is 0.695 e. The molecule has 0 amide bonds. The first-order valence-corrected chi connectivity index (χ1v) is 9.03. The molecule has 0 aromatic carbocycles. The molecule has 1 saturated heterocycles. The fourth-order valence-corrected chi connectivity index (χ4v) is 3.48. The number of rotatable bonds is 6. The van der Waals surface area contributed by atoms with Crippen LogP contribution in [0.5, 0.6) is 0 Å². The zero-order chi connectivity index (χ0) is 18.1. The second-order valence-electron chi connectivity index (χ2n) is 4.95. The lowest BCUT2D eigenvalue weighted by atomic mass is 10.1. The Morgan fingerprint density at radius 3 is 2.52 bits per heavy atom. The molecule has 0 bridgehead atoms. The topological polar surface area (TPSA) is 192 Å². The summed E-state index contributed by atoms with van der Waals surface area (Å²) >= 11 is 0. The van der Waals surface area contributed by atoms with E-state index in [9.17, 15) is 14.2 Å². The molecule has 6 atom stereocenters. The number of aliphatic hydroxyl groups is 1. The van der Waals surface area contributed by atoms with Gasteiger partial charge in [0.15, 0.2) is 29.9 Å². The van der Waals surface area contributed by atoms with Gasteiger partial charge >= 0.3 is 16.5 Å². The Hall–Kier alpha value is -1.69. The van der Waals surface area contributed by atoms with E-state index >= 15 is 0 Å². The van der Waals surface area contributed by atoms with Crippen molar-refractivity contribution in [3.8, 4) is 0 Å². The van der Waals surface area contributed by atoms with Crippen molar-refractivity contribution in [2.75, 3.05) is 12.3 Å². The van der Waals surface area contributed by atoms with Gasteiger partial charge in [0, 0.05) is 9.13 Å². The molecular formula is C10H13N5O8P2+2. The van der Waals surface area contributed by atoms with E-state index in [1.54, 1.807) is 0 Å². The molecule has 2 aromatic heterocycles. The molecule has 5 N–H and O–H groups in total. The lowest BCUT2D eigenvalue weighted by Gasteiger charge is -2.16. The van der Waals surface area contributed by atoms with E-state index in [0.29, 0.717) is 0 Å². The van der Waals surface area contributed by atoms with Crippen LogP contribution in [0.15, 0.2) is 12.7 Å². The molecule has 3 rings (SSSR count). The van der Waals surface area contributed by atoms with E-state index < -0.39 is 47.7 Å². The summed E-state index contributed by atoms with van der Waals surface area (Å²) in [6.45, 7) is -0.587. The number of fused-ring (bicyclic) bond motifs is 1. The third-order valence-electron chi connectivity index (χ3n) is 3.55. The van der Waals surface area contributed by atoms with Crippen LogP contribution in [0.3, 0.4) is 0 Å². The quantitative estimate of drug-likeness (QED) is 0.455. The standard InChI is InChI=1S/C10H11N5O8P2/c11-8-5-9(13-2-12-8)15(3-14-5)10-7(23-25(19)20)6(22-24(17)18)4(1-16)21-10/h2-4,6-7,10,16H,1H2,(H2-2,11,12,13,17,18,19,20)/p+2/t4-,6-,7-,10-/m1/s1. The smallest absolute Gasteiger partial charge is 0.394 e. The Bertz CT molecular complexity index is 818. The molecule has 1 fully saturated rings. The third-order valence-corrected chi connectivity index (χ3v) is 4.40. The number of imidazole rings is 1. The van der Waals surface area contributed by atoms with Crippen LogP contribution < -0.4 is 5.73 Å². The maximum absolute atomic E-state index is 11.2. The zero-order valence-corrected chi connectivity index (χ0v) is 14.1. The van der Waals surface area contributed by atoms with Gasteiger partial charge in [-0.05, 0) is 0 Å². The molecule has 3 heterocycles. The fourth-order valence-electron chi connectivity index (χ4n) is 2.58. The monoisotopic (exact) mass is 393 g/mol. The predicted octanol–water partition coefficient (Wildman–Crippen LogP) is -0.632. The van der Waals surface area contributed by atoms with E-state index in [0.717, 1.165) is 0 Å². The van der Waals surface area contributed by atoms with Crippen molar-refractivity contribution >= 4 is 33.5 Å². The van der Waals surface area contributed by atoms with Crippen molar-refractivity contribution in [2.45, 2.75) is 24.5 Å². The summed E-state index contributed by atoms with van der Waals surface area (Å²) in [6.07, 6.45) is -2.32. The normalized spacial score (nSPS) is 27.6. The first-order valence-electron chi connectivity index (χ1n) is 6.77. The summed E-state index contributed by atoms with van der Waals surface area (Å²) in [5.41, 5.74) is 6.21. The highest BCUT2D eigenvalue weighted by Gasteiger charge is 2.55. The maximum atomic E-state index is 11.2. The summed E-state index contributed by atoms with van der Waals surface area (Å²) < 4.78 is 38.8. The van der Waals surface area contributed by atoms with Gasteiger partial charge in [-0.2, -0.15) is 0 Å². The Morgan fingerprint density at radius 2 is 1.88 bits per heavy atom. The van der Waals surface area contributed by atoms with Gasteiger partial charge in [0.25, 0.3) is 0 Å². The van der Waals surface area contributed by atoms with Crippen molar-refractivity contribution < 1.29 is 37.8 Å². The summed E-state index contributed by atoms with van der Waals surface area (Å²) in [7, 11) is -6.18. The number of nitrogens with two attached hydrogens (primary N) is 1. The minimum absolute atomic E-state index is 0.109. The number of aliphatic hydroxyl groups excluding tert-OH is 1. The third kappa shape index (κ3) is 3.50. The Labute approximate surface area is 141 Å². The highest BCUT2D eigenvalue weighted by atomic mass is 31.1. The lowest BCUT2D eigenvalue weighted by molar-refractivity contribution is -0.0476. The van der Waals surface area contributed by atoms with Crippen LogP contribution >= 0.6 is 16.5 Å². The number of hydrogen-bond acceptors (Lipinski definition) is 10. The lowest BCUT2D eigenvalue weighted by Crippen LogP contribution is -2.35. The fraction of sp³-hybridized carbons (Fsp3) is 0.500. The number of aromatic nitrogens is 4. The molecule has 2 aromatic rings. The van der Waals surface area contributed by atoms with Gasteiger partial charge < -0.3 is 15.6 Å². The average molecular weight is 393 g/mol. The van der Waals surface area contributed by atoms with Gasteiger partial charge in [-0.1, -0.05) is 0 Å². The number of nitrogens with zero attached hydrogens (tertiary/aromatic N) is 4. The zero-order valence-electron chi connectivity index (χ0n) is 12.3. The summed E-state index contributed by atoms with van der Waals surface area (Å²) in [5.74, 6) is 0.109. The molecule has 1 aliphatic rings. The Morgan fingerprint density at radius 1 is 1.20 bits per heavy atom. The molecule has 1 aliphatic heterocycles.